The molecule has 0 aliphatic carbocycles. The summed E-state index contributed by atoms with van der Waals surface area (Å²) < 4.78 is 5.90. The SMILES string of the molecule is CCCCCCCCCCCCCCCCCCO[Si](C)(C)CCl. The maximum atomic E-state index is 5.91. The van der Waals surface area contributed by atoms with Gasteiger partial charge in [0.1, 0.15) is 0 Å². The molecule has 0 aromatic rings. The fraction of sp³-hybridized carbons (Fsp3) is 1.00. The van der Waals surface area contributed by atoms with Crippen molar-refractivity contribution >= 4 is 19.9 Å². The third-order valence-corrected chi connectivity index (χ3v) is 8.37. The van der Waals surface area contributed by atoms with Crippen LogP contribution < -0.4 is 0 Å². The molecule has 146 valence electrons. The second-order valence-corrected chi connectivity index (χ2v) is 12.9. The van der Waals surface area contributed by atoms with Crippen molar-refractivity contribution in [1.82, 2.24) is 0 Å². The minimum atomic E-state index is -1.52. The summed E-state index contributed by atoms with van der Waals surface area (Å²) >= 11 is 5.91. The highest BCUT2D eigenvalue weighted by Gasteiger charge is 2.19. The number of alkyl halides is 1. The van der Waals surface area contributed by atoms with E-state index in [2.05, 4.69) is 20.0 Å². The minimum absolute atomic E-state index is 0.714. The smallest absolute Gasteiger partial charge is 0.201 e. The van der Waals surface area contributed by atoms with E-state index in [1.165, 1.54) is 103 Å². The fourth-order valence-electron chi connectivity index (χ4n) is 3.04. The van der Waals surface area contributed by atoms with Gasteiger partial charge in [-0.25, -0.2) is 0 Å². The van der Waals surface area contributed by atoms with Gasteiger partial charge in [0.15, 0.2) is 0 Å². The second-order valence-electron chi connectivity index (χ2n) is 8.05. The largest absolute Gasteiger partial charge is 0.416 e. The zero-order chi connectivity index (χ0) is 17.9. The van der Waals surface area contributed by atoms with E-state index in [4.69, 9.17) is 16.0 Å². The van der Waals surface area contributed by atoms with E-state index in [-0.39, 0.29) is 0 Å². The first-order valence-electron chi connectivity index (χ1n) is 10.8. The zero-order valence-electron chi connectivity index (χ0n) is 17.0. The van der Waals surface area contributed by atoms with Crippen LogP contribution in [-0.2, 0) is 4.43 Å². The lowest BCUT2D eigenvalue weighted by Gasteiger charge is -2.19. The molecular formula is C21H45ClOSi. The summed E-state index contributed by atoms with van der Waals surface area (Å²) in [5, 5.41) is 0. The molecule has 0 rings (SSSR count). The predicted molar refractivity (Wildman–Crippen MR) is 114 cm³/mol. The molecule has 0 aliphatic rings. The van der Waals surface area contributed by atoms with Crippen molar-refractivity contribution in [2.75, 3.05) is 12.1 Å². The molecule has 1 nitrogen and oxygen atoms in total. The van der Waals surface area contributed by atoms with Gasteiger partial charge in [0.25, 0.3) is 0 Å². The number of hydrogen-bond acceptors (Lipinski definition) is 1. The van der Waals surface area contributed by atoms with Crippen LogP contribution in [0, 0.1) is 0 Å². The van der Waals surface area contributed by atoms with Crippen molar-refractivity contribution in [2.45, 2.75) is 123 Å². The van der Waals surface area contributed by atoms with Crippen molar-refractivity contribution in [3.8, 4) is 0 Å². The van der Waals surface area contributed by atoms with Crippen LogP contribution in [0.1, 0.15) is 110 Å². The van der Waals surface area contributed by atoms with E-state index >= 15 is 0 Å². The number of rotatable bonds is 19. The Morgan fingerprint density at radius 3 is 1.25 bits per heavy atom. The summed E-state index contributed by atoms with van der Waals surface area (Å²) in [5.41, 5.74) is 0.714. The Morgan fingerprint density at radius 2 is 0.917 bits per heavy atom. The number of unbranched alkanes of at least 4 members (excludes halogenated alkanes) is 15. The van der Waals surface area contributed by atoms with Gasteiger partial charge >= 0.3 is 0 Å². The van der Waals surface area contributed by atoms with Gasteiger partial charge < -0.3 is 4.43 Å². The molecule has 0 N–H and O–H groups in total. The number of hydrogen-bond donors (Lipinski definition) is 0. The third kappa shape index (κ3) is 18.8. The summed E-state index contributed by atoms with van der Waals surface area (Å²) in [6.45, 7) is 7.61. The fourth-order valence-corrected chi connectivity index (χ4v) is 4.04. The van der Waals surface area contributed by atoms with Crippen molar-refractivity contribution < 1.29 is 4.43 Å². The highest BCUT2D eigenvalue weighted by molar-refractivity contribution is 6.77. The van der Waals surface area contributed by atoms with Crippen LogP contribution in [0.4, 0.5) is 0 Å². The van der Waals surface area contributed by atoms with Crippen LogP contribution >= 0.6 is 11.6 Å². The lowest BCUT2D eigenvalue weighted by molar-refractivity contribution is 0.297. The molecule has 0 amide bonds. The molecule has 0 aromatic heterocycles. The van der Waals surface area contributed by atoms with Crippen LogP contribution in [0.3, 0.4) is 0 Å². The summed E-state index contributed by atoms with van der Waals surface area (Å²) in [6.07, 6.45) is 22.7. The lowest BCUT2D eigenvalue weighted by atomic mass is 10.0. The maximum absolute atomic E-state index is 5.91. The summed E-state index contributed by atoms with van der Waals surface area (Å²) in [7, 11) is -1.52. The topological polar surface area (TPSA) is 9.23 Å². The molecule has 0 saturated carbocycles. The molecule has 0 heterocycles. The van der Waals surface area contributed by atoms with Crippen LogP contribution in [0.15, 0.2) is 0 Å². The van der Waals surface area contributed by atoms with Crippen molar-refractivity contribution in [3.63, 3.8) is 0 Å². The van der Waals surface area contributed by atoms with Gasteiger partial charge in [-0.2, -0.15) is 0 Å². The van der Waals surface area contributed by atoms with Gasteiger partial charge in [-0.3, -0.25) is 0 Å². The van der Waals surface area contributed by atoms with E-state index in [0.29, 0.717) is 5.50 Å². The summed E-state index contributed by atoms with van der Waals surface area (Å²) in [5.74, 6) is 0. The molecule has 0 radical (unpaired) electrons. The average molecular weight is 377 g/mol. The van der Waals surface area contributed by atoms with Crippen molar-refractivity contribution in [2.24, 2.45) is 0 Å². The molecule has 0 fully saturated rings. The number of halogens is 1. The van der Waals surface area contributed by atoms with Crippen LogP contribution in [0.5, 0.6) is 0 Å². The van der Waals surface area contributed by atoms with Crippen molar-refractivity contribution in [3.05, 3.63) is 0 Å². The molecule has 0 aromatic carbocycles. The Hall–Kier alpha value is 0.467. The molecule has 0 saturated heterocycles. The Bertz CT molecular complexity index is 246. The standard InChI is InChI=1S/C21H45ClOSi/c1-4-5-6-7-8-9-10-11-12-13-14-15-16-17-18-19-20-23-24(2,3)21-22/h4-21H2,1-3H3. The molecule has 0 bridgehead atoms. The lowest BCUT2D eigenvalue weighted by Crippen LogP contribution is -2.33. The first-order chi connectivity index (χ1) is 11.6. The molecule has 0 atom stereocenters. The molecular weight excluding hydrogens is 332 g/mol. The van der Waals surface area contributed by atoms with Crippen molar-refractivity contribution in [1.29, 1.82) is 0 Å². The Kier molecular flexibility index (Phi) is 18.6. The van der Waals surface area contributed by atoms with Crippen LogP contribution in [0.2, 0.25) is 13.1 Å². The van der Waals surface area contributed by atoms with Crippen LogP contribution in [0.25, 0.3) is 0 Å². The molecule has 0 aliphatic heterocycles. The normalized spacial score (nSPS) is 12.0. The maximum Gasteiger partial charge on any atom is 0.201 e. The zero-order valence-corrected chi connectivity index (χ0v) is 18.8. The minimum Gasteiger partial charge on any atom is -0.416 e. The Labute approximate surface area is 159 Å². The molecule has 0 spiro atoms. The van der Waals surface area contributed by atoms with E-state index in [0.717, 1.165) is 6.61 Å². The highest BCUT2D eigenvalue weighted by Crippen LogP contribution is 2.14. The monoisotopic (exact) mass is 376 g/mol. The van der Waals surface area contributed by atoms with Gasteiger partial charge in [0.05, 0.1) is 0 Å². The molecule has 0 unspecified atom stereocenters. The van der Waals surface area contributed by atoms with E-state index in [9.17, 15) is 0 Å². The van der Waals surface area contributed by atoms with E-state index < -0.39 is 8.32 Å². The van der Waals surface area contributed by atoms with Gasteiger partial charge in [0.2, 0.25) is 8.32 Å². The average Bonchev–Trinajstić information content (AvgIpc) is 2.57. The first-order valence-corrected chi connectivity index (χ1v) is 14.5. The summed E-state index contributed by atoms with van der Waals surface area (Å²) in [4.78, 5) is 0. The van der Waals surface area contributed by atoms with E-state index in [1.54, 1.807) is 0 Å². The van der Waals surface area contributed by atoms with Gasteiger partial charge in [-0.1, -0.05) is 103 Å². The highest BCUT2D eigenvalue weighted by atomic mass is 35.5. The van der Waals surface area contributed by atoms with Gasteiger partial charge in [-0.15, -0.1) is 11.6 Å². The van der Waals surface area contributed by atoms with Crippen LogP contribution in [-0.4, -0.2) is 20.4 Å². The van der Waals surface area contributed by atoms with E-state index in [1.807, 2.05) is 0 Å². The Balaban J connectivity index is 3.05. The first kappa shape index (κ1) is 24.5. The predicted octanol–water partition coefficient (Wildman–Crippen LogP) is 8.25. The molecule has 3 heteroatoms. The summed E-state index contributed by atoms with van der Waals surface area (Å²) in [6, 6.07) is 0. The third-order valence-electron chi connectivity index (χ3n) is 4.81. The van der Waals surface area contributed by atoms with Gasteiger partial charge in [-0.05, 0) is 19.5 Å². The second kappa shape index (κ2) is 18.3. The van der Waals surface area contributed by atoms with Gasteiger partial charge in [0, 0.05) is 12.1 Å². The Morgan fingerprint density at radius 1 is 0.583 bits per heavy atom. The quantitative estimate of drug-likeness (QED) is 0.125. The molecule has 24 heavy (non-hydrogen) atoms.